The Hall–Kier alpha value is -1.40. The minimum Gasteiger partial charge on any atom is -0.371 e. The topological polar surface area (TPSA) is 86.5 Å². The van der Waals surface area contributed by atoms with Crippen molar-refractivity contribution in [2.45, 2.75) is 71.1 Å². The van der Waals surface area contributed by atoms with E-state index in [1.54, 1.807) is 0 Å². The van der Waals surface area contributed by atoms with E-state index in [9.17, 15) is 13.2 Å². The first-order valence-corrected chi connectivity index (χ1v) is 11.6. The van der Waals surface area contributed by atoms with Crippen LogP contribution in [-0.2, 0) is 27.9 Å². The van der Waals surface area contributed by atoms with Crippen molar-refractivity contribution in [1.82, 2.24) is 0 Å². The van der Waals surface area contributed by atoms with E-state index in [0.717, 1.165) is 50.5 Å². The first-order chi connectivity index (χ1) is 12.7. The van der Waals surface area contributed by atoms with Crippen molar-refractivity contribution in [3.05, 3.63) is 28.8 Å². The van der Waals surface area contributed by atoms with E-state index < -0.39 is 10.3 Å². The second-order valence-electron chi connectivity index (χ2n) is 8.78. The number of fused-ring (bicyclic) bond motifs is 5. The summed E-state index contributed by atoms with van der Waals surface area (Å²) in [5, 5.41) is 5.09. The van der Waals surface area contributed by atoms with Crippen LogP contribution < -0.4 is 9.32 Å². The van der Waals surface area contributed by atoms with Gasteiger partial charge in [-0.15, -0.1) is 0 Å². The maximum atomic E-state index is 12.7. The van der Waals surface area contributed by atoms with Gasteiger partial charge in [0.05, 0.1) is 0 Å². The summed E-state index contributed by atoms with van der Waals surface area (Å²) < 4.78 is 27.9. The number of carbonyl (C=O) groups excluding carboxylic acids is 1. The molecule has 6 heteroatoms. The monoisotopic (exact) mass is 391 g/mol. The number of carbonyl (C=O) groups is 1. The molecule has 3 aliphatic carbocycles. The van der Waals surface area contributed by atoms with Gasteiger partial charge in [0.15, 0.2) is 0 Å². The van der Waals surface area contributed by atoms with Crippen molar-refractivity contribution in [2.24, 2.45) is 22.4 Å². The summed E-state index contributed by atoms with van der Waals surface area (Å²) in [7, 11) is -4.03. The van der Waals surface area contributed by atoms with Crippen LogP contribution in [0.25, 0.3) is 0 Å². The van der Waals surface area contributed by atoms with Crippen LogP contribution in [0.5, 0.6) is 5.75 Å². The van der Waals surface area contributed by atoms with Crippen molar-refractivity contribution < 1.29 is 17.4 Å². The summed E-state index contributed by atoms with van der Waals surface area (Å²) in [5.41, 5.74) is 3.26. The third kappa shape index (κ3) is 3.21. The van der Waals surface area contributed by atoms with Crippen molar-refractivity contribution in [3.8, 4) is 5.75 Å². The molecule has 4 atom stereocenters. The standard InChI is InChI=1S/C21H29NO4S/c1-3-13-11-17-14(12-19(13)26-27(22,24)25)7-8-16-15(17)9-10-21(2)18(16)5-4-6-20(21)23/h11-12,15-16,18H,3-10H2,1-2H3,(H2,22,24,25)/t15?,16?,18?,21-/m0/s1. The number of nitrogens with two attached hydrogens (primary N) is 1. The van der Waals surface area contributed by atoms with Gasteiger partial charge in [-0.05, 0) is 85.5 Å². The fourth-order valence-corrected chi connectivity index (χ4v) is 6.50. The van der Waals surface area contributed by atoms with Gasteiger partial charge in [0.25, 0.3) is 0 Å². The first kappa shape index (κ1) is 18.9. The van der Waals surface area contributed by atoms with E-state index in [2.05, 4.69) is 13.0 Å². The summed E-state index contributed by atoms with van der Waals surface area (Å²) in [6.07, 6.45) is 7.59. The number of Topliss-reactive ketones (excluding diaryl/α,β-unsaturated/α-hetero) is 1. The lowest BCUT2D eigenvalue weighted by atomic mass is 9.50. The van der Waals surface area contributed by atoms with Gasteiger partial charge in [0.1, 0.15) is 11.5 Å². The Bertz CT molecular complexity index is 878. The molecule has 0 bridgehead atoms. The molecule has 0 amide bonds. The maximum absolute atomic E-state index is 12.7. The Kier molecular flexibility index (Phi) is 4.62. The molecular formula is C21H29NO4S. The number of hydrogen-bond donors (Lipinski definition) is 1. The number of benzene rings is 1. The quantitative estimate of drug-likeness (QED) is 0.852. The zero-order valence-electron chi connectivity index (χ0n) is 16.2. The van der Waals surface area contributed by atoms with E-state index in [0.29, 0.717) is 35.7 Å². The van der Waals surface area contributed by atoms with Gasteiger partial charge in [0.2, 0.25) is 0 Å². The first-order valence-electron chi connectivity index (χ1n) is 10.1. The largest absolute Gasteiger partial charge is 0.380 e. The molecule has 27 heavy (non-hydrogen) atoms. The Balaban J connectivity index is 1.71. The normalized spacial score (nSPS) is 33.0. The molecule has 0 spiro atoms. The van der Waals surface area contributed by atoms with E-state index >= 15 is 0 Å². The van der Waals surface area contributed by atoms with Gasteiger partial charge in [-0.1, -0.05) is 19.9 Å². The van der Waals surface area contributed by atoms with Crippen LogP contribution in [0.1, 0.15) is 75.0 Å². The van der Waals surface area contributed by atoms with Gasteiger partial charge >= 0.3 is 10.3 Å². The van der Waals surface area contributed by atoms with Gasteiger partial charge in [-0.25, -0.2) is 0 Å². The summed E-state index contributed by atoms with van der Waals surface area (Å²) in [6.45, 7) is 4.20. The Labute approximate surface area is 161 Å². The Morgan fingerprint density at radius 1 is 1.22 bits per heavy atom. The molecule has 0 radical (unpaired) electrons. The molecule has 0 aliphatic heterocycles. The van der Waals surface area contributed by atoms with Crippen LogP contribution in [0.15, 0.2) is 12.1 Å². The van der Waals surface area contributed by atoms with Crippen LogP contribution in [0.3, 0.4) is 0 Å². The molecule has 5 nitrogen and oxygen atoms in total. The van der Waals surface area contributed by atoms with Gasteiger partial charge in [-0.3, -0.25) is 4.79 Å². The SMILES string of the molecule is CCc1cc2c(cc1OS(N)(=O)=O)CCC1C2CC[C@]2(C)C(=O)CCCC12. The molecule has 2 N–H and O–H groups in total. The molecule has 2 saturated carbocycles. The molecule has 3 aliphatic rings. The number of hydrogen-bond acceptors (Lipinski definition) is 4. The molecule has 0 aromatic heterocycles. The zero-order valence-corrected chi connectivity index (χ0v) is 17.0. The van der Waals surface area contributed by atoms with Crippen molar-refractivity contribution >= 4 is 16.1 Å². The maximum Gasteiger partial charge on any atom is 0.380 e. The molecule has 3 unspecified atom stereocenters. The molecule has 1 aromatic carbocycles. The zero-order chi connectivity index (χ0) is 19.4. The molecule has 4 rings (SSSR count). The van der Waals surface area contributed by atoms with E-state index in [-0.39, 0.29) is 5.41 Å². The van der Waals surface area contributed by atoms with Crippen LogP contribution in [0.2, 0.25) is 0 Å². The van der Waals surface area contributed by atoms with E-state index in [1.165, 1.54) is 11.1 Å². The highest BCUT2D eigenvalue weighted by molar-refractivity contribution is 7.84. The molecule has 2 fully saturated rings. The van der Waals surface area contributed by atoms with E-state index in [4.69, 9.17) is 9.32 Å². The average molecular weight is 392 g/mol. The smallest absolute Gasteiger partial charge is 0.371 e. The number of aryl methyl sites for hydroxylation is 2. The molecular weight excluding hydrogens is 362 g/mol. The Morgan fingerprint density at radius 2 is 2.00 bits per heavy atom. The third-order valence-electron chi connectivity index (χ3n) is 7.44. The predicted molar refractivity (Wildman–Crippen MR) is 104 cm³/mol. The summed E-state index contributed by atoms with van der Waals surface area (Å²) in [4.78, 5) is 12.7. The van der Waals surface area contributed by atoms with Gasteiger partial charge < -0.3 is 4.18 Å². The average Bonchev–Trinajstić information content (AvgIpc) is 2.60. The summed E-state index contributed by atoms with van der Waals surface area (Å²) in [5.74, 6) is 2.33. The van der Waals surface area contributed by atoms with Crippen molar-refractivity contribution in [2.75, 3.05) is 0 Å². The lowest BCUT2D eigenvalue weighted by Crippen LogP contribution is -2.49. The molecule has 1 aromatic rings. The number of ketones is 1. The second kappa shape index (κ2) is 6.59. The molecule has 0 saturated heterocycles. The van der Waals surface area contributed by atoms with Gasteiger partial charge in [0, 0.05) is 11.8 Å². The fraction of sp³-hybridized carbons (Fsp3) is 0.667. The molecule has 0 heterocycles. The highest BCUT2D eigenvalue weighted by atomic mass is 32.2. The lowest BCUT2D eigenvalue weighted by molar-refractivity contribution is -0.140. The van der Waals surface area contributed by atoms with Crippen molar-refractivity contribution in [1.29, 1.82) is 0 Å². The van der Waals surface area contributed by atoms with Crippen LogP contribution in [0.4, 0.5) is 0 Å². The van der Waals surface area contributed by atoms with Crippen molar-refractivity contribution in [3.63, 3.8) is 0 Å². The Morgan fingerprint density at radius 3 is 2.70 bits per heavy atom. The minimum atomic E-state index is -4.03. The van der Waals surface area contributed by atoms with Crippen LogP contribution >= 0.6 is 0 Å². The second-order valence-corrected chi connectivity index (χ2v) is 9.93. The summed E-state index contributed by atoms with van der Waals surface area (Å²) in [6, 6.07) is 4.02. The highest BCUT2D eigenvalue weighted by Crippen LogP contribution is 2.58. The third-order valence-corrected chi connectivity index (χ3v) is 7.85. The van der Waals surface area contributed by atoms with Crippen LogP contribution in [0, 0.1) is 17.3 Å². The van der Waals surface area contributed by atoms with E-state index in [1.807, 2.05) is 13.0 Å². The highest BCUT2D eigenvalue weighted by Gasteiger charge is 2.52. The predicted octanol–water partition coefficient (Wildman–Crippen LogP) is 3.65. The molecule has 148 valence electrons. The van der Waals surface area contributed by atoms with Gasteiger partial charge in [-0.2, -0.15) is 13.6 Å². The lowest BCUT2D eigenvalue weighted by Gasteiger charge is -2.53. The van der Waals surface area contributed by atoms with Crippen LogP contribution in [-0.4, -0.2) is 14.2 Å². The summed E-state index contributed by atoms with van der Waals surface area (Å²) >= 11 is 0. The fourth-order valence-electron chi connectivity index (χ4n) is 6.09. The minimum absolute atomic E-state index is 0.138. The number of rotatable bonds is 3.